The van der Waals surface area contributed by atoms with Gasteiger partial charge in [-0.3, -0.25) is 14.5 Å². The maximum absolute atomic E-state index is 13.4. The SMILES string of the molecule is CN(C)C(=O)c1cc2cnc(Nc3ccc(N4CC5(C(C)(C)C)CCC(CC4=O)N5C(=O)O)cn3)nc2n1C1CCCCC1. The third kappa shape index (κ3) is 5.03. The Balaban J connectivity index is 1.28. The average molecular weight is 603 g/mol. The number of carboxylic acid groups (broad SMARTS) is 1. The summed E-state index contributed by atoms with van der Waals surface area (Å²) in [5.74, 6) is 0.713. The van der Waals surface area contributed by atoms with Crippen molar-refractivity contribution in [1.29, 1.82) is 0 Å². The molecule has 5 heterocycles. The summed E-state index contributed by atoms with van der Waals surface area (Å²) in [6, 6.07) is 5.36. The van der Waals surface area contributed by atoms with Crippen LogP contribution in [0.4, 0.5) is 22.2 Å². The number of carbonyl (C=O) groups is 3. The Bertz CT molecular complexity index is 1590. The first-order valence-corrected chi connectivity index (χ1v) is 15.5. The molecule has 2 atom stereocenters. The van der Waals surface area contributed by atoms with Crippen molar-refractivity contribution in [1.82, 2.24) is 29.3 Å². The summed E-state index contributed by atoms with van der Waals surface area (Å²) >= 11 is 0. The maximum atomic E-state index is 13.4. The van der Waals surface area contributed by atoms with Gasteiger partial charge in [0, 0.05) is 50.7 Å². The van der Waals surface area contributed by atoms with Crippen LogP contribution in [0, 0.1) is 5.41 Å². The first kappa shape index (κ1) is 29.8. The molecule has 3 amide bonds. The maximum Gasteiger partial charge on any atom is 0.408 e. The van der Waals surface area contributed by atoms with Crippen LogP contribution in [0.2, 0.25) is 0 Å². The van der Waals surface area contributed by atoms with Gasteiger partial charge in [-0.05, 0) is 49.3 Å². The van der Waals surface area contributed by atoms with E-state index >= 15 is 0 Å². The number of hydrogen-bond acceptors (Lipinski definition) is 7. The third-order valence-electron chi connectivity index (χ3n) is 9.89. The molecule has 3 aromatic heterocycles. The van der Waals surface area contributed by atoms with Gasteiger partial charge >= 0.3 is 6.09 Å². The molecule has 2 unspecified atom stereocenters. The number of rotatable bonds is 5. The zero-order valence-electron chi connectivity index (χ0n) is 26.2. The lowest BCUT2D eigenvalue weighted by molar-refractivity contribution is -0.119. The van der Waals surface area contributed by atoms with Crippen LogP contribution in [0.3, 0.4) is 0 Å². The number of carbonyl (C=O) groups excluding carboxylic acids is 2. The number of aromatic nitrogens is 4. The zero-order valence-corrected chi connectivity index (χ0v) is 26.2. The number of fused-ring (bicyclic) bond motifs is 3. The molecule has 2 saturated heterocycles. The second-order valence-corrected chi connectivity index (χ2v) is 13.7. The lowest BCUT2D eigenvalue weighted by Crippen LogP contribution is -2.61. The number of nitrogens with zero attached hydrogens (tertiary/aromatic N) is 7. The van der Waals surface area contributed by atoms with Crippen molar-refractivity contribution in [2.45, 2.75) is 89.8 Å². The zero-order chi connectivity index (χ0) is 31.4. The topological polar surface area (TPSA) is 137 Å². The highest BCUT2D eigenvalue weighted by Crippen LogP contribution is 2.49. The van der Waals surface area contributed by atoms with E-state index in [9.17, 15) is 19.5 Å². The quantitative estimate of drug-likeness (QED) is 0.394. The van der Waals surface area contributed by atoms with Crippen molar-refractivity contribution in [2.24, 2.45) is 5.41 Å². The molecule has 6 rings (SSSR count). The van der Waals surface area contributed by atoms with E-state index in [0.29, 0.717) is 36.0 Å². The molecule has 44 heavy (non-hydrogen) atoms. The number of anilines is 3. The van der Waals surface area contributed by atoms with E-state index in [4.69, 9.17) is 4.98 Å². The molecule has 0 spiro atoms. The number of nitrogens with one attached hydrogen (secondary N) is 1. The molecule has 2 N–H and O–H groups in total. The molecular weight excluding hydrogens is 560 g/mol. The fraction of sp³-hybridized carbons (Fsp3) is 0.562. The third-order valence-corrected chi connectivity index (χ3v) is 9.89. The van der Waals surface area contributed by atoms with Crippen molar-refractivity contribution < 1.29 is 19.5 Å². The van der Waals surface area contributed by atoms with Crippen molar-refractivity contribution >= 4 is 46.4 Å². The van der Waals surface area contributed by atoms with Crippen LogP contribution in [0.5, 0.6) is 0 Å². The predicted octanol–water partition coefficient (Wildman–Crippen LogP) is 5.44. The minimum Gasteiger partial charge on any atom is -0.465 e. The Hall–Kier alpha value is -4.22. The predicted molar refractivity (Wildman–Crippen MR) is 167 cm³/mol. The molecule has 0 radical (unpaired) electrons. The lowest BCUT2D eigenvalue weighted by atomic mass is 9.71. The van der Waals surface area contributed by atoms with E-state index in [0.717, 1.165) is 36.7 Å². The van der Waals surface area contributed by atoms with E-state index in [-0.39, 0.29) is 42.3 Å². The van der Waals surface area contributed by atoms with Crippen molar-refractivity contribution in [2.75, 3.05) is 30.9 Å². The van der Waals surface area contributed by atoms with Gasteiger partial charge in [0.1, 0.15) is 17.2 Å². The van der Waals surface area contributed by atoms with E-state index in [2.05, 4.69) is 19.9 Å². The van der Waals surface area contributed by atoms with Gasteiger partial charge in [-0.2, -0.15) is 4.98 Å². The molecule has 1 saturated carbocycles. The van der Waals surface area contributed by atoms with Gasteiger partial charge in [0.15, 0.2) is 0 Å². The molecule has 2 bridgehead atoms. The number of amides is 3. The summed E-state index contributed by atoms with van der Waals surface area (Å²) in [7, 11) is 3.52. The Labute approximate surface area is 257 Å². The van der Waals surface area contributed by atoms with Crippen LogP contribution in [0.15, 0.2) is 30.6 Å². The molecule has 2 aliphatic heterocycles. The molecule has 12 heteroatoms. The van der Waals surface area contributed by atoms with Gasteiger partial charge in [-0.25, -0.2) is 14.8 Å². The van der Waals surface area contributed by atoms with Crippen LogP contribution in [0.25, 0.3) is 11.0 Å². The van der Waals surface area contributed by atoms with E-state index in [1.807, 2.05) is 32.9 Å². The van der Waals surface area contributed by atoms with Gasteiger partial charge < -0.3 is 24.8 Å². The monoisotopic (exact) mass is 602 g/mol. The van der Waals surface area contributed by atoms with Crippen LogP contribution in [-0.2, 0) is 4.79 Å². The van der Waals surface area contributed by atoms with E-state index < -0.39 is 11.6 Å². The van der Waals surface area contributed by atoms with Crippen molar-refractivity contribution in [3.8, 4) is 0 Å². The van der Waals surface area contributed by atoms with Gasteiger partial charge in [0.2, 0.25) is 11.9 Å². The normalized spacial score (nSPS) is 22.8. The minimum absolute atomic E-state index is 0.0589. The highest BCUT2D eigenvalue weighted by molar-refractivity contribution is 5.98. The Kier molecular flexibility index (Phi) is 7.49. The number of hydrogen-bond donors (Lipinski definition) is 2. The Morgan fingerprint density at radius 3 is 2.43 bits per heavy atom. The molecule has 3 fully saturated rings. The summed E-state index contributed by atoms with van der Waals surface area (Å²) < 4.78 is 2.09. The summed E-state index contributed by atoms with van der Waals surface area (Å²) in [6.07, 6.45) is 9.39. The fourth-order valence-corrected chi connectivity index (χ4v) is 7.47. The van der Waals surface area contributed by atoms with E-state index in [1.165, 1.54) is 6.42 Å². The molecule has 3 aromatic rings. The number of pyridine rings is 1. The first-order chi connectivity index (χ1) is 20.9. The lowest BCUT2D eigenvalue weighted by Gasteiger charge is -2.48. The van der Waals surface area contributed by atoms with Crippen LogP contribution in [0.1, 0.15) is 88.7 Å². The Morgan fingerprint density at radius 1 is 1.05 bits per heavy atom. The van der Waals surface area contributed by atoms with Gasteiger partial charge in [-0.15, -0.1) is 0 Å². The summed E-state index contributed by atoms with van der Waals surface area (Å²) in [4.78, 5) is 57.6. The minimum atomic E-state index is -0.973. The standard InChI is InChI=1S/C32H42N8O4/c1-31(2,3)32-14-13-22(40(32)30(43)44)16-26(41)38(19-32)23-11-12-25(33-18-23)35-29-34-17-20-15-24(28(42)37(4)5)39(27(20)36-29)21-9-7-6-8-10-21/h11-12,15,17-18,21-22H,6-10,13-14,16,19H2,1-5H3,(H,43,44)(H,33,34,35,36). The molecule has 3 aliphatic rings. The Morgan fingerprint density at radius 2 is 1.80 bits per heavy atom. The highest BCUT2D eigenvalue weighted by Gasteiger charge is 2.59. The summed E-state index contributed by atoms with van der Waals surface area (Å²) in [5, 5.41) is 14.1. The average Bonchev–Trinajstić information content (AvgIpc) is 3.51. The van der Waals surface area contributed by atoms with Gasteiger partial charge in [0.05, 0.1) is 17.4 Å². The molecule has 12 nitrogen and oxygen atoms in total. The summed E-state index contributed by atoms with van der Waals surface area (Å²) in [5.41, 5.74) is 0.889. The smallest absolute Gasteiger partial charge is 0.408 e. The van der Waals surface area contributed by atoms with Crippen molar-refractivity contribution in [3.05, 3.63) is 36.3 Å². The fourth-order valence-electron chi connectivity index (χ4n) is 7.47. The largest absolute Gasteiger partial charge is 0.465 e. The van der Waals surface area contributed by atoms with Crippen molar-refractivity contribution in [3.63, 3.8) is 0 Å². The summed E-state index contributed by atoms with van der Waals surface area (Å²) in [6.45, 7) is 6.42. The van der Waals surface area contributed by atoms with Gasteiger partial charge in [0.25, 0.3) is 5.91 Å². The molecule has 1 aliphatic carbocycles. The molecule has 234 valence electrons. The second kappa shape index (κ2) is 11.0. The first-order valence-electron chi connectivity index (χ1n) is 15.5. The molecule has 0 aromatic carbocycles. The highest BCUT2D eigenvalue weighted by atomic mass is 16.4. The molecular formula is C32H42N8O4. The van der Waals surface area contributed by atoms with Crippen LogP contribution >= 0.6 is 0 Å². The van der Waals surface area contributed by atoms with Crippen LogP contribution < -0.4 is 10.2 Å². The second-order valence-electron chi connectivity index (χ2n) is 13.7. The van der Waals surface area contributed by atoms with E-state index in [1.54, 1.807) is 47.3 Å². The van der Waals surface area contributed by atoms with Crippen LogP contribution in [-0.4, -0.2) is 84.6 Å². The van der Waals surface area contributed by atoms with Gasteiger partial charge in [-0.1, -0.05) is 40.0 Å².